The molecule has 3 N–H and O–H groups in total. The van der Waals surface area contributed by atoms with Crippen LogP contribution >= 0.6 is 0 Å². The largest absolute Gasteiger partial charge is 0.398 e. The molecule has 0 radical (unpaired) electrons. The lowest BCUT2D eigenvalue weighted by atomic mass is 10.2. The van der Waals surface area contributed by atoms with Crippen LogP contribution in [-0.2, 0) is 14.8 Å². The van der Waals surface area contributed by atoms with Crippen LogP contribution in [0, 0.1) is 6.92 Å². The molecular weight excluding hydrogens is 290 g/mol. The van der Waals surface area contributed by atoms with Gasteiger partial charge >= 0.3 is 0 Å². The maximum Gasteiger partial charge on any atom is 0.243 e. The fourth-order valence-corrected chi connectivity index (χ4v) is 3.75. The van der Waals surface area contributed by atoms with E-state index in [-0.39, 0.29) is 16.5 Å². The van der Waals surface area contributed by atoms with Gasteiger partial charge in [-0.05, 0) is 39.3 Å². The van der Waals surface area contributed by atoms with E-state index in [9.17, 15) is 13.2 Å². The lowest BCUT2D eigenvalue weighted by molar-refractivity contribution is -0.132. The molecule has 0 saturated carbocycles. The molecule has 0 bridgehead atoms. The number of nitrogens with two attached hydrogens (primary N) is 1. The molecule has 1 amide bonds. The first-order chi connectivity index (χ1) is 9.74. The van der Waals surface area contributed by atoms with E-state index in [2.05, 4.69) is 4.72 Å². The van der Waals surface area contributed by atoms with Crippen LogP contribution in [-0.4, -0.2) is 38.4 Å². The molecule has 0 aliphatic heterocycles. The summed E-state index contributed by atoms with van der Waals surface area (Å²) in [5.74, 6) is -0.254. The van der Waals surface area contributed by atoms with Crippen molar-refractivity contribution in [1.29, 1.82) is 0 Å². The van der Waals surface area contributed by atoms with Crippen LogP contribution in [0.5, 0.6) is 0 Å². The smallest absolute Gasteiger partial charge is 0.243 e. The van der Waals surface area contributed by atoms with Crippen molar-refractivity contribution in [2.24, 2.45) is 0 Å². The molecule has 0 heterocycles. The first-order valence-electron chi connectivity index (χ1n) is 6.90. The number of nitrogen functional groups attached to an aromatic ring is 1. The molecule has 118 valence electrons. The van der Waals surface area contributed by atoms with Crippen LogP contribution in [0.25, 0.3) is 0 Å². The maximum atomic E-state index is 12.4. The van der Waals surface area contributed by atoms with Crippen molar-refractivity contribution in [2.75, 3.05) is 18.8 Å². The number of carbonyl (C=O) groups excluding carboxylic acids is 1. The predicted octanol–water partition coefficient (Wildman–Crippen LogP) is 1.11. The summed E-state index contributed by atoms with van der Waals surface area (Å²) in [6.07, 6.45) is 0. The normalized spacial score (nSPS) is 13.0. The zero-order valence-corrected chi connectivity index (χ0v) is 13.7. The minimum atomic E-state index is -3.84. The Balaban J connectivity index is 3.03. The molecule has 1 rings (SSSR count). The summed E-state index contributed by atoms with van der Waals surface area (Å²) < 4.78 is 27.3. The summed E-state index contributed by atoms with van der Waals surface area (Å²) >= 11 is 0. The Morgan fingerprint density at radius 1 is 1.33 bits per heavy atom. The first kappa shape index (κ1) is 17.5. The van der Waals surface area contributed by atoms with Gasteiger partial charge in [-0.1, -0.05) is 12.1 Å². The van der Waals surface area contributed by atoms with Gasteiger partial charge in [-0.15, -0.1) is 0 Å². The second kappa shape index (κ2) is 6.91. The number of sulfonamides is 1. The van der Waals surface area contributed by atoms with E-state index in [0.29, 0.717) is 18.7 Å². The van der Waals surface area contributed by atoms with Crippen molar-refractivity contribution < 1.29 is 13.2 Å². The molecule has 1 aromatic carbocycles. The molecule has 7 heteroatoms. The van der Waals surface area contributed by atoms with E-state index in [1.807, 2.05) is 13.8 Å². The number of nitrogens with zero attached hydrogens (tertiary/aromatic N) is 1. The van der Waals surface area contributed by atoms with Gasteiger partial charge in [0.25, 0.3) is 0 Å². The van der Waals surface area contributed by atoms with Gasteiger partial charge < -0.3 is 10.6 Å². The van der Waals surface area contributed by atoms with Crippen molar-refractivity contribution in [1.82, 2.24) is 9.62 Å². The Labute approximate surface area is 126 Å². The molecule has 0 spiro atoms. The van der Waals surface area contributed by atoms with Gasteiger partial charge in [-0.3, -0.25) is 4.79 Å². The molecule has 1 aromatic rings. The van der Waals surface area contributed by atoms with Crippen molar-refractivity contribution in [3.63, 3.8) is 0 Å². The zero-order chi connectivity index (χ0) is 16.2. The number of amides is 1. The van der Waals surface area contributed by atoms with Crippen molar-refractivity contribution in [3.05, 3.63) is 23.8 Å². The molecular formula is C14H23N3O3S. The lowest BCUT2D eigenvalue weighted by Crippen LogP contribution is -2.46. The van der Waals surface area contributed by atoms with Gasteiger partial charge in [-0.25, -0.2) is 8.42 Å². The van der Waals surface area contributed by atoms with Crippen LogP contribution in [0.2, 0.25) is 0 Å². The molecule has 0 fully saturated rings. The van der Waals surface area contributed by atoms with Crippen LogP contribution in [0.15, 0.2) is 23.1 Å². The Morgan fingerprint density at radius 3 is 2.38 bits per heavy atom. The van der Waals surface area contributed by atoms with E-state index < -0.39 is 16.1 Å². The van der Waals surface area contributed by atoms with Gasteiger partial charge in [0.2, 0.25) is 15.9 Å². The summed E-state index contributed by atoms with van der Waals surface area (Å²) in [5.41, 5.74) is 6.47. The molecule has 21 heavy (non-hydrogen) atoms. The standard InChI is InChI=1S/C14H23N3O3S/c1-5-17(6-2)14(18)11(4)16-21(19,20)13-10(3)8-7-9-12(13)15/h7-9,11,16H,5-6,15H2,1-4H3. The second-order valence-electron chi connectivity index (χ2n) is 4.85. The predicted molar refractivity (Wildman–Crippen MR) is 83.3 cm³/mol. The highest BCUT2D eigenvalue weighted by Crippen LogP contribution is 2.22. The van der Waals surface area contributed by atoms with Crippen molar-refractivity contribution >= 4 is 21.6 Å². The fraction of sp³-hybridized carbons (Fsp3) is 0.500. The molecule has 6 nitrogen and oxygen atoms in total. The number of hydrogen-bond acceptors (Lipinski definition) is 4. The molecule has 1 atom stereocenters. The topological polar surface area (TPSA) is 92.5 Å². The average molecular weight is 313 g/mol. The van der Waals surface area contributed by atoms with Crippen LogP contribution in [0.4, 0.5) is 5.69 Å². The van der Waals surface area contributed by atoms with E-state index in [0.717, 1.165) is 0 Å². The number of likely N-dealkylation sites (N-methyl/N-ethyl adjacent to an activating group) is 1. The summed E-state index contributed by atoms with van der Waals surface area (Å²) in [5, 5.41) is 0. The van der Waals surface area contributed by atoms with Crippen LogP contribution < -0.4 is 10.5 Å². The Morgan fingerprint density at radius 2 is 1.90 bits per heavy atom. The SMILES string of the molecule is CCN(CC)C(=O)C(C)NS(=O)(=O)c1c(C)cccc1N. The lowest BCUT2D eigenvalue weighted by Gasteiger charge is -2.23. The van der Waals surface area contributed by atoms with Gasteiger partial charge in [0.1, 0.15) is 4.90 Å². The number of nitrogens with one attached hydrogen (secondary N) is 1. The summed E-state index contributed by atoms with van der Waals surface area (Å²) in [7, 11) is -3.84. The molecule has 0 saturated heterocycles. The molecule has 0 aliphatic carbocycles. The van der Waals surface area contributed by atoms with Crippen LogP contribution in [0.1, 0.15) is 26.3 Å². The summed E-state index contributed by atoms with van der Waals surface area (Å²) in [6.45, 7) is 7.97. The van der Waals surface area contributed by atoms with Gasteiger partial charge in [0.05, 0.1) is 11.7 Å². The van der Waals surface area contributed by atoms with Crippen molar-refractivity contribution in [2.45, 2.75) is 38.6 Å². The van der Waals surface area contributed by atoms with Gasteiger partial charge in [-0.2, -0.15) is 4.72 Å². The average Bonchev–Trinajstić information content (AvgIpc) is 2.38. The third kappa shape index (κ3) is 3.95. The number of anilines is 1. The monoisotopic (exact) mass is 313 g/mol. The van der Waals surface area contributed by atoms with E-state index in [1.165, 1.54) is 13.0 Å². The Kier molecular flexibility index (Phi) is 5.74. The quantitative estimate of drug-likeness (QED) is 0.770. The Hall–Kier alpha value is -1.60. The number of rotatable bonds is 6. The third-order valence-electron chi connectivity index (χ3n) is 3.29. The highest BCUT2D eigenvalue weighted by molar-refractivity contribution is 7.89. The van der Waals surface area contributed by atoms with E-state index in [4.69, 9.17) is 5.73 Å². The fourth-order valence-electron chi connectivity index (χ4n) is 2.19. The number of benzene rings is 1. The Bertz CT molecular complexity index is 590. The number of aryl methyl sites for hydroxylation is 1. The highest BCUT2D eigenvalue weighted by Gasteiger charge is 2.27. The summed E-state index contributed by atoms with van der Waals surface area (Å²) in [4.78, 5) is 13.8. The van der Waals surface area contributed by atoms with Crippen LogP contribution in [0.3, 0.4) is 0 Å². The third-order valence-corrected chi connectivity index (χ3v) is 5.05. The van der Waals surface area contributed by atoms with Gasteiger partial charge in [0, 0.05) is 13.1 Å². The minimum Gasteiger partial charge on any atom is -0.398 e. The first-order valence-corrected chi connectivity index (χ1v) is 8.39. The highest BCUT2D eigenvalue weighted by atomic mass is 32.2. The molecule has 1 unspecified atom stereocenters. The number of carbonyl (C=O) groups is 1. The zero-order valence-electron chi connectivity index (χ0n) is 12.9. The second-order valence-corrected chi connectivity index (χ2v) is 6.50. The van der Waals surface area contributed by atoms with Crippen molar-refractivity contribution in [3.8, 4) is 0 Å². The molecule has 0 aromatic heterocycles. The maximum absolute atomic E-state index is 12.4. The van der Waals surface area contributed by atoms with Gasteiger partial charge in [0.15, 0.2) is 0 Å². The summed E-state index contributed by atoms with van der Waals surface area (Å²) in [6, 6.07) is 4.04. The number of hydrogen-bond donors (Lipinski definition) is 2. The van der Waals surface area contributed by atoms with E-state index in [1.54, 1.807) is 24.0 Å². The van der Waals surface area contributed by atoms with E-state index >= 15 is 0 Å². The minimum absolute atomic E-state index is 0.0317. The molecule has 0 aliphatic rings.